The van der Waals surface area contributed by atoms with E-state index in [1.54, 1.807) is 0 Å². The van der Waals surface area contributed by atoms with Crippen LogP contribution >= 0.6 is 0 Å². The monoisotopic (exact) mass is 256 g/mol. The van der Waals surface area contributed by atoms with Gasteiger partial charge in [-0.1, -0.05) is 13.8 Å². The lowest BCUT2D eigenvalue weighted by atomic mass is 9.79. The van der Waals surface area contributed by atoms with Gasteiger partial charge in [-0.05, 0) is 62.8 Å². The molecule has 2 nitrogen and oxygen atoms in total. The molecule has 0 unspecified atom stereocenters. The van der Waals surface area contributed by atoms with Gasteiger partial charge < -0.3 is 4.90 Å². The molecule has 1 aromatic carbocycles. The van der Waals surface area contributed by atoms with Crippen molar-refractivity contribution in [3.8, 4) is 6.07 Å². The summed E-state index contributed by atoms with van der Waals surface area (Å²) in [5.41, 5.74) is 4.79. The van der Waals surface area contributed by atoms with Gasteiger partial charge in [0.05, 0.1) is 11.6 Å². The molecule has 0 amide bonds. The third-order valence-electron chi connectivity index (χ3n) is 4.30. The minimum Gasteiger partial charge on any atom is -0.366 e. The second-order valence-electron chi connectivity index (χ2n) is 6.41. The molecule has 102 valence electrons. The average Bonchev–Trinajstić information content (AvgIpc) is 2.33. The summed E-state index contributed by atoms with van der Waals surface area (Å²) >= 11 is 0. The molecule has 0 saturated heterocycles. The first-order valence-electron chi connectivity index (χ1n) is 7.23. The van der Waals surface area contributed by atoms with Gasteiger partial charge in [-0.2, -0.15) is 5.26 Å². The van der Waals surface area contributed by atoms with E-state index in [0.717, 1.165) is 30.5 Å². The highest BCUT2D eigenvalue weighted by Gasteiger charge is 2.36. The maximum atomic E-state index is 9.21. The molecule has 1 aromatic rings. The summed E-state index contributed by atoms with van der Waals surface area (Å²) in [7, 11) is 0. The molecule has 19 heavy (non-hydrogen) atoms. The minimum atomic E-state index is 0.197. The average molecular weight is 256 g/mol. The summed E-state index contributed by atoms with van der Waals surface area (Å²) in [6, 6.07) is 6.63. The predicted molar refractivity (Wildman–Crippen MR) is 80.6 cm³/mol. The van der Waals surface area contributed by atoms with Crippen molar-refractivity contribution < 1.29 is 0 Å². The third kappa shape index (κ3) is 2.34. The van der Waals surface area contributed by atoms with Crippen molar-refractivity contribution in [2.45, 2.75) is 58.9 Å². The van der Waals surface area contributed by atoms with Crippen LogP contribution in [0.25, 0.3) is 0 Å². The number of aryl methyl sites for hydroxylation is 1. The molecule has 1 heterocycles. The molecule has 0 aromatic heterocycles. The number of benzene rings is 1. The lowest BCUT2D eigenvalue weighted by Crippen LogP contribution is -2.48. The van der Waals surface area contributed by atoms with Gasteiger partial charge in [-0.3, -0.25) is 0 Å². The van der Waals surface area contributed by atoms with E-state index in [4.69, 9.17) is 0 Å². The fourth-order valence-electron chi connectivity index (χ4n) is 3.40. The van der Waals surface area contributed by atoms with Gasteiger partial charge in [-0.25, -0.2) is 0 Å². The van der Waals surface area contributed by atoms with Crippen LogP contribution in [0.2, 0.25) is 0 Å². The summed E-state index contributed by atoms with van der Waals surface area (Å²) in [5, 5.41) is 9.21. The quantitative estimate of drug-likeness (QED) is 0.785. The lowest BCUT2D eigenvalue weighted by Gasteiger charge is -2.47. The summed E-state index contributed by atoms with van der Waals surface area (Å²) in [5.74, 6) is 0.519. The SMILES string of the molecule is CCCN1c2cc(C)c(C#N)cc2[C@@H](C)CC1(C)C. The van der Waals surface area contributed by atoms with Crippen LogP contribution in [0.5, 0.6) is 0 Å². The third-order valence-corrected chi connectivity index (χ3v) is 4.30. The first-order valence-corrected chi connectivity index (χ1v) is 7.23. The van der Waals surface area contributed by atoms with Crippen molar-refractivity contribution in [2.24, 2.45) is 0 Å². The van der Waals surface area contributed by atoms with Gasteiger partial charge in [0.15, 0.2) is 0 Å². The molecule has 0 saturated carbocycles. The Morgan fingerprint density at radius 1 is 1.42 bits per heavy atom. The van der Waals surface area contributed by atoms with Gasteiger partial charge >= 0.3 is 0 Å². The Morgan fingerprint density at radius 3 is 2.68 bits per heavy atom. The second kappa shape index (κ2) is 4.89. The summed E-state index contributed by atoms with van der Waals surface area (Å²) in [6.07, 6.45) is 2.30. The minimum absolute atomic E-state index is 0.197. The van der Waals surface area contributed by atoms with E-state index in [1.165, 1.54) is 11.3 Å². The smallest absolute Gasteiger partial charge is 0.0994 e. The highest BCUT2D eigenvalue weighted by atomic mass is 15.2. The predicted octanol–water partition coefficient (Wildman–Crippen LogP) is 4.37. The van der Waals surface area contributed by atoms with Crippen LogP contribution in [0.15, 0.2) is 12.1 Å². The maximum Gasteiger partial charge on any atom is 0.0994 e. The van der Waals surface area contributed by atoms with Gasteiger partial charge in [-0.15, -0.1) is 0 Å². The van der Waals surface area contributed by atoms with Crippen molar-refractivity contribution in [1.29, 1.82) is 5.26 Å². The van der Waals surface area contributed by atoms with Crippen LogP contribution in [-0.4, -0.2) is 12.1 Å². The van der Waals surface area contributed by atoms with Crippen molar-refractivity contribution in [2.75, 3.05) is 11.4 Å². The van der Waals surface area contributed by atoms with Crippen LogP contribution in [-0.2, 0) is 0 Å². The number of nitriles is 1. The topological polar surface area (TPSA) is 27.0 Å². The number of hydrogen-bond donors (Lipinski definition) is 0. The molecule has 0 bridgehead atoms. The molecule has 1 aliphatic heterocycles. The Hall–Kier alpha value is -1.49. The molecule has 0 radical (unpaired) electrons. The van der Waals surface area contributed by atoms with Gasteiger partial charge in [0.25, 0.3) is 0 Å². The maximum absolute atomic E-state index is 9.21. The summed E-state index contributed by atoms with van der Waals surface area (Å²) < 4.78 is 0. The number of nitrogens with zero attached hydrogens (tertiary/aromatic N) is 2. The molecule has 0 fully saturated rings. The van der Waals surface area contributed by atoms with Gasteiger partial charge in [0.2, 0.25) is 0 Å². The molecular formula is C17H24N2. The summed E-state index contributed by atoms with van der Waals surface area (Å²) in [4.78, 5) is 2.52. The van der Waals surface area contributed by atoms with Crippen molar-refractivity contribution in [3.63, 3.8) is 0 Å². The molecule has 0 aliphatic carbocycles. The molecule has 2 heteroatoms. The van der Waals surface area contributed by atoms with E-state index in [2.05, 4.69) is 50.8 Å². The van der Waals surface area contributed by atoms with Crippen LogP contribution in [0.3, 0.4) is 0 Å². The van der Waals surface area contributed by atoms with Crippen molar-refractivity contribution in [1.82, 2.24) is 0 Å². The number of fused-ring (bicyclic) bond motifs is 1. The molecular weight excluding hydrogens is 232 g/mol. The molecule has 1 atom stereocenters. The van der Waals surface area contributed by atoms with E-state index in [0.29, 0.717) is 5.92 Å². The fourth-order valence-corrected chi connectivity index (χ4v) is 3.40. The zero-order valence-electron chi connectivity index (χ0n) is 12.7. The van der Waals surface area contributed by atoms with Gasteiger partial charge in [0.1, 0.15) is 0 Å². The Morgan fingerprint density at radius 2 is 2.11 bits per heavy atom. The molecule has 0 spiro atoms. The molecule has 0 N–H and O–H groups in total. The Balaban J connectivity index is 2.59. The highest BCUT2D eigenvalue weighted by Crippen LogP contribution is 2.44. The Kier molecular flexibility index (Phi) is 3.58. The fraction of sp³-hybridized carbons (Fsp3) is 0.588. The number of hydrogen-bond acceptors (Lipinski definition) is 2. The van der Waals surface area contributed by atoms with E-state index < -0.39 is 0 Å². The molecule has 2 rings (SSSR count). The zero-order chi connectivity index (χ0) is 14.2. The normalized spacial score (nSPS) is 20.8. The highest BCUT2D eigenvalue weighted by molar-refractivity contribution is 5.64. The summed E-state index contributed by atoms with van der Waals surface area (Å²) in [6.45, 7) is 12.3. The van der Waals surface area contributed by atoms with E-state index in [9.17, 15) is 5.26 Å². The standard InChI is InChI=1S/C17H24N2/c1-6-7-19-16-8-12(2)14(11-18)9-15(16)13(3)10-17(19,4)5/h8-9,13H,6-7,10H2,1-5H3/t13-/m0/s1. The van der Waals surface area contributed by atoms with Crippen molar-refractivity contribution in [3.05, 3.63) is 28.8 Å². The zero-order valence-corrected chi connectivity index (χ0v) is 12.7. The first kappa shape index (κ1) is 13.9. The Bertz CT molecular complexity index is 523. The largest absolute Gasteiger partial charge is 0.366 e. The second-order valence-corrected chi connectivity index (χ2v) is 6.41. The lowest BCUT2D eigenvalue weighted by molar-refractivity contribution is 0.376. The first-order chi connectivity index (χ1) is 8.90. The van der Waals surface area contributed by atoms with Crippen molar-refractivity contribution >= 4 is 5.69 Å². The number of rotatable bonds is 2. The number of anilines is 1. The van der Waals surface area contributed by atoms with E-state index >= 15 is 0 Å². The van der Waals surface area contributed by atoms with Crippen LogP contribution in [0.1, 0.15) is 63.1 Å². The van der Waals surface area contributed by atoms with Gasteiger partial charge in [0, 0.05) is 17.8 Å². The Labute approximate surface area is 117 Å². The van der Waals surface area contributed by atoms with Crippen LogP contribution in [0.4, 0.5) is 5.69 Å². The van der Waals surface area contributed by atoms with E-state index in [-0.39, 0.29) is 5.54 Å². The van der Waals surface area contributed by atoms with Crippen LogP contribution in [0, 0.1) is 18.3 Å². The van der Waals surface area contributed by atoms with Crippen LogP contribution < -0.4 is 4.90 Å². The molecule has 1 aliphatic rings. The van der Waals surface area contributed by atoms with E-state index in [1.807, 2.05) is 6.92 Å².